The van der Waals surface area contributed by atoms with E-state index in [2.05, 4.69) is 5.32 Å². The van der Waals surface area contributed by atoms with Gasteiger partial charge in [0.25, 0.3) is 0 Å². The van der Waals surface area contributed by atoms with Gasteiger partial charge in [-0.3, -0.25) is 4.79 Å². The number of hydrogen-bond acceptors (Lipinski definition) is 3. The van der Waals surface area contributed by atoms with Gasteiger partial charge in [0.05, 0.1) is 16.0 Å². The van der Waals surface area contributed by atoms with Gasteiger partial charge in [-0.25, -0.2) is 4.39 Å². The highest BCUT2D eigenvalue weighted by molar-refractivity contribution is 8.00. The fraction of sp³-hybridized carbons (Fsp3) is 0.133. The third kappa shape index (κ3) is 4.37. The third-order valence-electron chi connectivity index (χ3n) is 2.76. The molecule has 0 fully saturated rings. The van der Waals surface area contributed by atoms with Gasteiger partial charge in [-0.15, -0.1) is 11.8 Å². The molecule has 21 heavy (non-hydrogen) atoms. The minimum absolute atomic E-state index is 0.161. The molecule has 3 N–H and O–H groups in total. The first-order valence-corrected chi connectivity index (χ1v) is 7.49. The van der Waals surface area contributed by atoms with E-state index in [0.29, 0.717) is 16.4 Å². The molecular formula is C15H14ClFN2OS. The van der Waals surface area contributed by atoms with Crippen LogP contribution in [0.3, 0.4) is 0 Å². The fourth-order valence-electron chi connectivity index (χ4n) is 1.64. The molecule has 0 aromatic heterocycles. The van der Waals surface area contributed by atoms with Gasteiger partial charge < -0.3 is 11.1 Å². The zero-order chi connectivity index (χ0) is 15.4. The maximum atomic E-state index is 12.8. The molecule has 0 saturated heterocycles. The predicted octanol–water partition coefficient (Wildman–Crippen LogP) is 4.18. The molecule has 0 saturated carbocycles. The SMILES string of the molecule is CC(Sc1ccc(F)cc1)C(=O)Nc1ccc(Cl)c(N)c1. The van der Waals surface area contributed by atoms with Crippen molar-refractivity contribution in [2.75, 3.05) is 11.1 Å². The van der Waals surface area contributed by atoms with E-state index in [9.17, 15) is 9.18 Å². The number of carbonyl (C=O) groups excluding carboxylic acids is 1. The molecule has 2 aromatic rings. The minimum Gasteiger partial charge on any atom is -0.397 e. The van der Waals surface area contributed by atoms with Crippen LogP contribution < -0.4 is 11.1 Å². The van der Waals surface area contributed by atoms with Gasteiger partial charge in [-0.05, 0) is 49.4 Å². The lowest BCUT2D eigenvalue weighted by atomic mass is 10.2. The quantitative estimate of drug-likeness (QED) is 0.655. The second kappa shape index (κ2) is 6.83. The average Bonchev–Trinajstić information content (AvgIpc) is 2.45. The Labute approximate surface area is 131 Å². The first-order valence-electron chi connectivity index (χ1n) is 6.24. The van der Waals surface area contributed by atoms with Gasteiger partial charge in [-0.2, -0.15) is 0 Å². The van der Waals surface area contributed by atoms with Crippen molar-refractivity contribution in [2.45, 2.75) is 17.1 Å². The molecular weight excluding hydrogens is 311 g/mol. The number of rotatable bonds is 4. The van der Waals surface area contributed by atoms with Crippen molar-refractivity contribution in [1.82, 2.24) is 0 Å². The first kappa shape index (κ1) is 15.7. The molecule has 0 aliphatic heterocycles. The number of hydrogen-bond donors (Lipinski definition) is 2. The molecule has 0 aliphatic rings. The van der Waals surface area contributed by atoms with Gasteiger partial charge in [0.2, 0.25) is 5.91 Å². The van der Waals surface area contributed by atoms with Crippen molar-refractivity contribution in [1.29, 1.82) is 0 Å². The van der Waals surface area contributed by atoms with Crippen LogP contribution in [-0.2, 0) is 4.79 Å². The van der Waals surface area contributed by atoms with E-state index in [4.69, 9.17) is 17.3 Å². The zero-order valence-corrected chi connectivity index (χ0v) is 12.8. The van der Waals surface area contributed by atoms with Crippen LogP contribution in [0.2, 0.25) is 5.02 Å². The Balaban J connectivity index is 1.98. The second-order valence-corrected chi connectivity index (χ2v) is 6.26. The number of nitrogens with one attached hydrogen (secondary N) is 1. The standard InChI is InChI=1S/C15H14ClFN2OS/c1-9(21-12-5-2-10(17)3-6-12)15(20)19-11-4-7-13(16)14(18)8-11/h2-9H,18H2,1H3,(H,19,20). The van der Waals surface area contributed by atoms with Crippen LogP contribution in [0.5, 0.6) is 0 Å². The smallest absolute Gasteiger partial charge is 0.237 e. The van der Waals surface area contributed by atoms with Crippen LogP contribution in [0, 0.1) is 5.82 Å². The lowest BCUT2D eigenvalue weighted by Crippen LogP contribution is -2.22. The summed E-state index contributed by atoms with van der Waals surface area (Å²) in [6.07, 6.45) is 0. The average molecular weight is 325 g/mol. The summed E-state index contributed by atoms with van der Waals surface area (Å²) in [6.45, 7) is 1.78. The Morgan fingerprint density at radius 1 is 1.29 bits per heavy atom. The fourth-order valence-corrected chi connectivity index (χ4v) is 2.62. The first-order chi connectivity index (χ1) is 9.95. The number of benzene rings is 2. The third-order valence-corrected chi connectivity index (χ3v) is 4.22. The van der Waals surface area contributed by atoms with E-state index < -0.39 is 0 Å². The van der Waals surface area contributed by atoms with Crippen LogP contribution in [-0.4, -0.2) is 11.2 Å². The molecule has 1 unspecified atom stereocenters. The van der Waals surface area contributed by atoms with E-state index in [0.717, 1.165) is 4.90 Å². The number of thioether (sulfide) groups is 1. The number of amides is 1. The van der Waals surface area contributed by atoms with E-state index in [1.54, 1.807) is 37.3 Å². The van der Waals surface area contributed by atoms with Gasteiger partial charge in [0.15, 0.2) is 0 Å². The molecule has 6 heteroatoms. The molecule has 110 valence electrons. The highest BCUT2D eigenvalue weighted by Gasteiger charge is 2.15. The summed E-state index contributed by atoms with van der Waals surface area (Å²) in [4.78, 5) is 12.9. The van der Waals surface area contributed by atoms with Crippen molar-refractivity contribution in [3.8, 4) is 0 Å². The topological polar surface area (TPSA) is 55.1 Å². The molecule has 2 aromatic carbocycles. The minimum atomic E-state index is -0.327. The van der Waals surface area contributed by atoms with Gasteiger partial charge in [0, 0.05) is 10.6 Å². The van der Waals surface area contributed by atoms with Crippen LogP contribution in [0.25, 0.3) is 0 Å². The van der Waals surface area contributed by atoms with Crippen molar-refractivity contribution in [3.63, 3.8) is 0 Å². The molecule has 1 atom stereocenters. The van der Waals surface area contributed by atoms with Gasteiger partial charge in [-0.1, -0.05) is 11.6 Å². The summed E-state index contributed by atoms with van der Waals surface area (Å²) in [5.41, 5.74) is 6.69. The molecule has 0 spiro atoms. The van der Waals surface area contributed by atoms with Crippen LogP contribution in [0.15, 0.2) is 47.4 Å². The molecule has 0 heterocycles. The summed E-state index contributed by atoms with van der Waals surface area (Å²) in [7, 11) is 0. The van der Waals surface area contributed by atoms with Crippen LogP contribution in [0.1, 0.15) is 6.92 Å². The van der Waals surface area contributed by atoms with Crippen molar-refractivity contribution in [3.05, 3.63) is 53.3 Å². The van der Waals surface area contributed by atoms with E-state index in [1.807, 2.05) is 0 Å². The molecule has 3 nitrogen and oxygen atoms in total. The Morgan fingerprint density at radius 2 is 1.95 bits per heavy atom. The Kier molecular flexibility index (Phi) is 5.09. The number of nitrogen functional groups attached to an aromatic ring is 1. The maximum Gasteiger partial charge on any atom is 0.237 e. The monoisotopic (exact) mass is 324 g/mol. The Bertz CT molecular complexity index is 649. The second-order valence-electron chi connectivity index (χ2n) is 4.44. The number of halogens is 2. The molecule has 0 radical (unpaired) electrons. The maximum absolute atomic E-state index is 12.8. The number of nitrogens with two attached hydrogens (primary N) is 1. The summed E-state index contributed by atoms with van der Waals surface area (Å²) >= 11 is 7.18. The lowest BCUT2D eigenvalue weighted by molar-refractivity contribution is -0.115. The van der Waals surface area contributed by atoms with Crippen LogP contribution >= 0.6 is 23.4 Å². The highest BCUT2D eigenvalue weighted by atomic mass is 35.5. The van der Waals surface area contributed by atoms with Gasteiger partial charge in [0.1, 0.15) is 5.82 Å². The molecule has 1 amide bonds. The van der Waals surface area contributed by atoms with E-state index >= 15 is 0 Å². The Hall–Kier alpha value is -1.72. The highest BCUT2D eigenvalue weighted by Crippen LogP contribution is 2.26. The van der Waals surface area contributed by atoms with Crippen LogP contribution in [0.4, 0.5) is 15.8 Å². The normalized spacial score (nSPS) is 12.0. The molecule has 0 aliphatic carbocycles. The van der Waals surface area contributed by atoms with E-state index in [1.165, 1.54) is 23.9 Å². The summed E-state index contributed by atoms with van der Waals surface area (Å²) in [5, 5.41) is 2.89. The summed E-state index contributed by atoms with van der Waals surface area (Å²) in [6, 6.07) is 10.9. The zero-order valence-electron chi connectivity index (χ0n) is 11.3. The van der Waals surface area contributed by atoms with Crippen molar-refractivity contribution in [2.24, 2.45) is 0 Å². The largest absolute Gasteiger partial charge is 0.397 e. The van der Waals surface area contributed by atoms with Crippen molar-refractivity contribution >= 4 is 40.6 Å². The Morgan fingerprint density at radius 3 is 2.57 bits per heavy atom. The number of carbonyl (C=O) groups is 1. The summed E-state index contributed by atoms with van der Waals surface area (Å²) in [5.74, 6) is -0.459. The molecule has 0 bridgehead atoms. The lowest BCUT2D eigenvalue weighted by Gasteiger charge is -2.12. The summed E-state index contributed by atoms with van der Waals surface area (Å²) < 4.78 is 12.8. The van der Waals surface area contributed by atoms with Crippen molar-refractivity contribution < 1.29 is 9.18 Å². The predicted molar refractivity (Wildman–Crippen MR) is 86.2 cm³/mol. The van der Waals surface area contributed by atoms with Gasteiger partial charge >= 0.3 is 0 Å². The number of anilines is 2. The van der Waals surface area contributed by atoms with E-state index in [-0.39, 0.29) is 17.0 Å². The molecule has 2 rings (SSSR count).